The molecule has 1 aliphatic rings. The highest BCUT2D eigenvalue weighted by Crippen LogP contribution is 2.13. The predicted octanol–water partition coefficient (Wildman–Crippen LogP) is 1.76. The summed E-state index contributed by atoms with van der Waals surface area (Å²) >= 11 is 0. The molecule has 3 N–H and O–H groups in total. The lowest BCUT2D eigenvalue weighted by Gasteiger charge is -2.09. The van der Waals surface area contributed by atoms with Crippen LogP contribution in [0.1, 0.15) is 24.0 Å². The molecule has 0 unspecified atom stereocenters. The molecule has 3 amide bonds. The Morgan fingerprint density at radius 2 is 1.97 bits per heavy atom. The van der Waals surface area contributed by atoms with Crippen molar-refractivity contribution >= 4 is 29.6 Å². The first-order chi connectivity index (χ1) is 15.5. The Hall–Kier alpha value is -3.72. The molecule has 0 saturated carbocycles. The summed E-state index contributed by atoms with van der Waals surface area (Å²) in [4.78, 5) is 35.6. The van der Waals surface area contributed by atoms with Crippen LogP contribution < -0.4 is 20.8 Å². The van der Waals surface area contributed by atoms with Crippen LogP contribution in [0.25, 0.3) is 0 Å². The van der Waals surface area contributed by atoms with Crippen LogP contribution in [0.4, 0.5) is 5.69 Å². The first kappa shape index (κ1) is 23.0. The van der Waals surface area contributed by atoms with Gasteiger partial charge in [0, 0.05) is 18.8 Å². The zero-order valence-corrected chi connectivity index (χ0v) is 17.8. The number of nitrogens with one attached hydrogen (secondary N) is 3. The van der Waals surface area contributed by atoms with Gasteiger partial charge in [0.1, 0.15) is 5.75 Å². The molecular weight excluding hydrogens is 412 g/mol. The Kier molecular flexibility index (Phi) is 8.33. The molecule has 2 aromatic rings. The van der Waals surface area contributed by atoms with Gasteiger partial charge < -0.3 is 20.1 Å². The molecule has 168 valence electrons. The minimum absolute atomic E-state index is 0.0445. The monoisotopic (exact) mass is 438 g/mol. The number of carbonyl (C=O) groups is 3. The lowest BCUT2D eigenvalue weighted by molar-refractivity contribution is -0.139. The SMILES string of the molecule is Cc1ccc(NC(=O)COc2cccc(/C=N\NC(=O)C(=O)NC[C@@H]3CCCO3)c2)cc1. The molecule has 0 spiro atoms. The summed E-state index contributed by atoms with van der Waals surface area (Å²) in [6.45, 7) is 2.79. The van der Waals surface area contributed by atoms with Gasteiger partial charge in [-0.1, -0.05) is 29.8 Å². The van der Waals surface area contributed by atoms with Crippen molar-refractivity contribution in [2.75, 3.05) is 25.1 Å². The predicted molar refractivity (Wildman–Crippen MR) is 119 cm³/mol. The number of ether oxygens (including phenoxy) is 2. The lowest BCUT2D eigenvalue weighted by atomic mass is 10.2. The third kappa shape index (κ3) is 7.51. The highest BCUT2D eigenvalue weighted by atomic mass is 16.5. The molecule has 32 heavy (non-hydrogen) atoms. The molecule has 0 radical (unpaired) electrons. The van der Waals surface area contributed by atoms with Crippen molar-refractivity contribution in [3.8, 4) is 5.75 Å². The number of anilines is 1. The van der Waals surface area contributed by atoms with Crippen LogP contribution >= 0.6 is 0 Å². The van der Waals surface area contributed by atoms with Gasteiger partial charge in [-0.15, -0.1) is 0 Å². The number of amides is 3. The fraction of sp³-hybridized carbons (Fsp3) is 0.304. The Morgan fingerprint density at radius 1 is 1.16 bits per heavy atom. The molecule has 1 saturated heterocycles. The maximum absolute atomic E-state index is 12.0. The van der Waals surface area contributed by atoms with Crippen LogP contribution in [0.5, 0.6) is 5.75 Å². The zero-order chi connectivity index (χ0) is 22.8. The van der Waals surface area contributed by atoms with E-state index in [-0.39, 0.29) is 18.6 Å². The number of carbonyl (C=O) groups excluding carboxylic acids is 3. The van der Waals surface area contributed by atoms with Crippen molar-refractivity contribution in [1.29, 1.82) is 0 Å². The van der Waals surface area contributed by atoms with Gasteiger partial charge in [-0.25, -0.2) is 5.43 Å². The van der Waals surface area contributed by atoms with E-state index in [9.17, 15) is 14.4 Å². The van der Waals surface area contributed by atoms with Crippen LogP contribution in [0.2, 0.25) is 0 Å². The summed E-state index contributed by atoms with van der Waals surface area (Å²) < 4.78 is 10.9. The van der Waals surface area contributed by atoms with E-state index < -0.39 is 11.8 Å². The van der Waals surface area contributed by atoms with Crippen LogP contribution in [0.15, 0.2) is 53.6 Å². The third-order valence-corrected chi connectivity index (χ3v) is 4.66. The van der Waals surface area contributed by atoms with E-state index in [0.717, 1.165) is 18.4 Å². The fourth-order valence-electron chi connectivity index (χ4n) is 2.98. The highest BCUT2D eigenvalue weighted by molar-refractivity contribution is 6.35. The molecule has 1 atom stereocenters. The van der Waals surface area contributed by atoms with Crippen molar-refractivity contribution in [2.24, 2.45) is 5.10 Å². The molecule has 0 aliphatic carbocycles. The minimum atomic E-state index is -0.862. The minimum Gasteiger partial charge on any atom is -0.484 e. The van der Waals surface area contributed by atoms with Crippen LogP contribution in [-0.4, -0.2) is 49.8 Å². The van der Waals surface area contributed by atoms with Gasteiger partial charge in [-0.05, 0) is 49.6 Å². The lowest BCUT2D eigenvalue weighted by Crippen LogP contribution is -2.41. The second kappa shape index (κ2) is 11.6. The van der Waals surface area contributed by atoms with E-state index in [4.69, 9.17) is 9.47 Å². The quantitative estimate of drug-likeness (QED) is 0.330. The average Bonchev–Trinajstić information content (AvgIpc) is 3.31. The maximum atomic E-state index is 12.0. The van der Waals surface area contributed by atoms with E-state index in [1.807, 2.05) is 31.2 Å². The first-order valence-electron chi connectivity index (χ1n) is 10.3. The van der Waals surface area contributed by atoms with Gasteiger partial charge in [0.05, 0.1) is 12.3 Å². The second-order valence-electron chi connectivity index (χ2n) is 7.32. The van der Waals surface area contributed by atoms with Crippen molar-refractivity contribution in [2.45, 2.75) is 25.9 Å². The summed E-state index contributed by atoms with van der Waals surface area (Å²) in [5.41, 5.74) is 4.61. The summed E-state index contributed by atoms with van der Waals surface area (Å²) in [7, 11) is 0. The van der Waals surface area contributed by atoms with Crippen LogP contribution in [0.3, 0.4) is 0 Å². The number of hydrazone groups is 1. The van der Waals surface area contributed by atoms with Crippen molar-refractivity contribution < 1.29 is 23.9 Å². The Bertz CT molecular complexity index is 969. The Morgan fingerprint density at radius 3 is 2.72 bits per heavy atom. The number of hydrogen-bond acceptors (Lipinski definition) is 6. The van der Waals surface area contributed by atoms with Gasteiger partial charge >= 0.3 is 11.8 Å². The topological polar surface area (TPSA) is 118 Å². The highest BCUT2D eigenvalue weighted by Gasteiger charge is 2.18. The molecule has 0 bridgehead atoms. The summed E-state index contributed by atoms with van der Waals surface area (Å²) in [6, 6.07) is 14.3. The number of benzene rings is 2. The third-order valence-electron chi connectivity index (χ3n) is 4.66. The van der Waals surface area contributed by atoms with E-state index in [1.165, 1.54) is 6.21 Å². The molecule has 1 heterocycles. The van der Waals surface area contributed by atoms with Crippen molar-refractivity contribution in [3.05, 3.63) is 59.7 Å². The number of aryl methyl sites for hydroxylation is 1. The van der Waals surface area contributed by atoms with Gasteiger partial charge in [-0.2, -0.15) is 5.10 Å². The molecule has 9 nitrogen and oxygen atoms in total. The molecule has 1 fully saturated rings. The van der Waals surface area contributed by atoms with Crippen LogP contribution in [0, 0.1) is 6.92 Å². The van der Waals surface area contributed by atoms with E-state index >= 15 is 0 Å². The first-order valence-corrected chi connectivity index (χ1v) is 10.3. The van der Waals surface area contributed by atoms with E-state index in [0.29, 0.717) is 30.2 Å². The van der Waals surface area contributed by atoms with Gasteiger partial charge in [-0.3, -0.25) is 14.4 Å². The number of hydrogen-bond donors (Lipinski definition) is 3. The maximum Gasteiger partial charge on any atom is 0.329 e. The van der Waals surface area contributed by atoms with Gasteiger partial charge in [0.25, 0.3) is 5.91 Å². The Balaban J connectivity index is 1.41. The molecule has 3 rings (SSSR count). The zero-order valence-electron chi connectivity index (χ0n) is 17.8. The largest absolute Gasteiger partial charge is 0.484 e. The van der Waals surface area contributed by atoms with Crippen molar-refractivity contribution in [3.63, 3.8) is 0 Å². The average molecular weight is 438 g/mol. The smallest absolute Gasteiger partial charge is 0.329 e. The molecule has 9 heteroatoms. The van der Waals surface area contributed by atoms with Gasteiger partial charge in [0.15, 0.2) is 6.61 Å². The molecular formula is C23H26N4O5. The van der Waals surface area contributed by atoms with E-state index in [2.05, 4.69) is 21.2 Å². The molecule has 1 aliphatic heterocycles. The second-order valence-corrected chi connectivity index (χ2v) is 7.32. The number of nitrogens with zero attached hydrogens (tertiary/aromatic N) is 1. The van der Waals surface area contributed by atoms with E-state index in [1.54, 1.807) is 24.3 Å². The molecule has 0 aromatic heterocycles. The fourth-order valence-corrected chi connectivity index (χ4v) is 2.98. The summed E-state index contributed by atoms with van der Waals surface area (Å²) in [6.07, 6.45) is 3.16. The Labute approximate surface area is 186 Å². The summed E-state index contributed by atoms with van der Waals surface area (Å²) in [5, 5.41) is 9.07. The van der Waals surface area contributed by atoms with Gasteiger partial charge in [0.2, 0.25) is 0 Å². The normalized spacial score (nSPS) is 15.3. The molecule has 2 aromatic carbocycles. The van der Waals surface area contributed by atoms with Crippen LogP contribution in [-0.2, 0) is 19.1 Å². The summed E-state index contributed by atoms with van der Waals surface area (Å²) in [5.74, 6) is -1.45. The number of rotatable bonds is 8. The van der Waals surface area contributed by atoms with Crippen molar-refractivity contribution in [1.82, 2.24) is 10.7 Å². The standard InChI is InChI=1S/C23H26N4O5/c1-16-7-9-18(10-8-16)26-21(28)15-32-19-5-2-4-17(12-19)13-25-27-23(30)22(29)24-14-20-6-3-11-31-20/h2,4-5,7-10,12-13,20H,3,6,11,14-15H2,1H3,(H,24,29)(H,26,28)(H,27,30)/b25-13-/t20-/m0/s1.